The lowest BCUT2D eigenvalue weighted by atomic mass is 9.94. The molecule has 1 amide bonds. The van der Waals surface area contributed by atoms with Crippen LogP contribution in [0.2, 0.25) is 0 Å². The van der Waals surface area contributed by atoms with Gasteiger partial charge in [0.05, 0.1) is 42.5 Å². The van der Waals surface area contributed by atoms with E-state index in [2.05, 4.69) is 40.8 Å². The van der Waals surface area contributed by atoms with E-state index in [0.29, 0.717) is 42.0 Å². The number of thioether (sulfide) groups is 1. The standard InChI is InChI=1S/C24H29N3O5S2/c1-24(2,3)18-13-25-20(32-18)15-33-22-14-26-23(34-22)27-19(28)12-16-7-9-17(10-8-16)31-11-5-6-21(29)30-4/h7-10,13-14H,5-6,11-12,15H2,1-4H3,(H,26,27,28). The molecule has 3 rings (SSSR count). The number of benzene rings is 1. The van der Waals surface area contributed by atoms with E-state index in [9.17, 15) is 9.59 Å². The van der Waals surface area contributed by atoms with Crippen molar-refractivity contribution in [3.8, 4) is 5.75 Å². The summed E-state index contributed by atoms with van der Waals surface area (Å²) >= 11 is 2.99. The Labute approximate surface area is 207 Å². The van der Waals surface area contributed by atoms with E-state index in [1.54, 1.807) is 24.2 Å². The molecule has 2 heterocycles. The molecular weight excluding hydrogens is 474 g/mol. The number of oxazole rings is 1. The van der Waals surface area contributed by atoms with Crippen molar-refractivity contribution < 1.29 is 23.5 Å². The van der Waals surface area contributed by atoms with E-state index in [4.69, 9.17) is 9.15 Å². The first kappa shape index (κ1) is 25.8. The van der Waals surface area contributed by atoms with Gasteiger partial charge in [0.1, 0.15) is 11.5 Å². The van der Waals surface area contributed by atoms with E-state index in [0.717, 1.165) is 15.5 Å². The summed E-state index contributed by atoms with van der Waals surface area (Å²) in [6.45, 7) is 6.68. The second kappa shape index (κ2) is 12.0. The predicted molar refractivity (Wildman–Crippen MR) is 132 cm³/mol. The van der Waals surface area contributed by atoms with Crippen molar-refractivity contribution >= 4 is 40.1 Å². The normalized spacial score (nSPS) is 11.3. The number of rotatable bonds is 11. The molecule has 0 aliphatic heterocycles. The van der Waals surface area contributed by atoms with E-state index in [-0.39, 0.29) is 23.7 Å². The number of hydrogen-bond acceptors (Lipinski definition) is 9. The highest BCUT2D eigenvalue weighted by Crippen LogP contribution is 2.31. The maximum Gasteiger partial charge on any atom is 0.305 e. The molecule has 1 N–H and O–H groups in total. The molecule has 8 nitrogen and oxygen atoms in total. The van der Waals surface area contributed by atoms with Gasteiger partial charge in [-0.2, -0.15) is 0 Å². The summed E-state index contributed by atoms with van der Waals surface area (Å²) in [5, 5.41) is 3.40. The molecule has 34 heavy (non-hydrogen) atoms. The highest BCUT2D eigenvalue weighted by molar-refractivity contribution is 8.00. The summed E-state index contributed by atoms with van der Waals surface area (Å²) in [7, 11) is 1.37. The van der Waals surface area contributed by atoms with Gasteiger partial charge in [0, 0.05) is 11.8 Å². The number of nitrogens with one attached hydrogen (secondary N) is 1. The lowest BCUT2D eigenvalue weighted by Gasteiger charge is -2.12. The zero-order valence-electron chi connectivity index (χ0n) is 19.8. The zero-order valence-corrected chi connectivity index (χ0v) is 21.4. The van der Waals surface area contributed by atoms with Crippen molar-refractivity contribution in [1.29, 1.82) is 0 Å². The van der Waals surface area contributed by atoms with E-state index in [1.807, 2.05) is 24.3 Å². The minimum absolute atomic E-state index is 0.0725. The van der Waals surface area contributed by atoms with Gasteiger partial charge in [-0.25, -0.2) is 9.97 Å². The van der Waals surface area contributed by atoms with Crippen LogP contribution >= 0.6 is 23.1 Å². The summed E-state index contributed by atoms with van der Waals surface area (Å²) < 4.78 is 17.0. The van der Waals surface area contributed by atoms with Gasteiger partial charge < -0.3 is 19.2 Å². The van der Waals surface area contributed by atoms with Gasteiger partial charge in [-0.1, -0.05) is 44.2 Å². The van der Waals surface area contributed by atoms with E-state index in [1.165, 1.54) is 18.4 Å². The Bertz CT molecular complexity index is 1090. The van der Waals surface area contributed by atoms with Crippen molar-refractivity contribution in [2.75, 3.05) is 19.0 Å². The van der Waals surface area contributed by atoms with Gasteiger partial charge in [-0.05, 0) is 24.1 Å². The minimum atomic E-state index is -0.250. The molecule has 0 atom stereocenters. The highest BCUT2D eigenvalue weighted by Gasteiger charge is 2.19. The molecule has 3 aromatic rings. The Balaban J connectivity index is 1.41. The van der Waals surface area contributed by atoms with Gasteiger partial charge in [0.2, 0.25) is 11.8 Å². The monoisotopic (exact) mass is 503 g/mol. The number of hydrogen-bond donors (Lipinski definition) is 1. The number of ether oxygens (including phenoxy) is 2. The number of nitrogens with zero attached hydrogens (tertiary/aromatic N) is 2. The molecule has 0 aliphatic rings. The number of amides is 1. The number of anilines is 1. The first-order valence-corrected chi connectivity index (χ1v) is 12.7. The Morgan fingerprint density at radius 2 is 1.91 bits per heavy atom. The minimum Gasteiger partial charge on any atom is -0.494 e. The number of carbonyl (C=O) groups is 2. The molecular formula is C24H29N3O5S2. The molecule has 0 radical (unpaired) electrons. The van der Waals surface area contributed by atoms with E-state index >= 15 is 0 Å². The van der Waals surface area contributed by atoms with Crippen LogP contribution in [0.15, 0.2) is 45.3 Å². The fourth-order valence-electron chi connectivity index (χ4n) is 2.80. The maximum atomic E-state index is 12.4. The smallest absolute Gasteiger partial charge is 0.305 e. The van der Waals surface area contributed by atoms with E-state index < -0.39 is 0 Å². The zero-order chi connectivity index (χ0) is 24.6. The third-order valence-electron chi connectivity index (χ3n) is 4.67. The lowest BCUT2D eigenvalue weighted by molar-refractivity contribution is -0.140. The van der Waals surface area contributed by atoms with Crippen molar-refractivity contribution in [3.63, 3.8) is 0 Å². The fourth-order valence-corrected chi connectivity index (χ4v) is 4.54. The molecule has 0 saturated carbocycles. The first-order valence-electron chi connectivity index (χ1n) is 10.8. The fraction of sp³-hybridized carbons (Fsp3) is 0.417. The molecule has 0 aliphatic carbocycles. The van der Waals surface area contributed by atoms with Crippen LogP contribution in [-0.4, -0.2) is 35.6 Å². The van der Waals surface area contributed by atoms with Crippen LogP contribution in [0.4, 0.5) is 5.13 Å². The van der Waals surface area contributed by atoms with Gasteiger partial charge in [0.25, 0.3) is 0 Å². The average Bonchev–Trinajstić information content (AvgIpc) is 3.45. The van der Waals surface area contributed by atoms with Crippen LogP contribution in [0.25, 0.3) is 0 Å². The highest BCUT2D eigenvalue weighted by atomic mass is 32.2. The Morgan fingerprint density at radius 1 is 1.15 bits per heavy atom. The van der Waals surface area contributed by atoms with Crippen LogP contribution in [0.5, 0.6) is 5.75 Å². The summed E-state index contributed by atoms with van der Waals surface area (Å²) in [6.07, 6.45) is 4.66. The number of aromatic nitrogens is 2. The number of carbonyl (C=O) groups excluding carboxylic acids is 2. The molecule has 1 aromatic carbocycles. The second-order valence-corrected chi connectivity index (χ2v) is 10.8. The van der Waals surface area contributed by atoms with Crippen LogP contribution < -0.4 is 10.1 Å². The lowest BCUT2D eigenvalue weighted by Crippen LogP contribution is -2.14. The summed E-state index contributed by atoms with van der Waals surface area (Å²) in [6, 6.07) is 7.32. The number of methoxy groups -OCH3 is 1. The maximum absolute atomic E-state index is 12.4. The quantitative estimate of drug-likeness (QED) is 0.215. The van der Waals surface area contributed by atoms with Gasteiger partial charge >= 0.3 is 5.97 Å². The molecule has 10 heteroatoms. The van der Waals surface area contributed by atoms with Crippen molar-refractivity contribution in [2.45, 2.75) is 55.4 Å². The third kappa shape index (κ3) is 8.18. The van der Waals surface area contributed by atoms with Crippen LogP contribution in [0, 0.1) is 0 Å². The summed E-state index contributed by atoms with van der Waals surface area (Å²) in [4.78, 5) is 32.1. The molecule has 2 aromatic heterocycles. The molecule has 0 fully saturated rings. The molecule has 182 valence electrons. The van der Waals surface area contributed by atoms with Crippen molar-refractivity contribution in [1.82, 2.24) is 9.97 Å². The average molecular weight is 504 g/mol. The predicted octanol–water partition coefficient (Wildman–Crippen LogP) is 5.23. The molecule has 0 saturated heterocycles. The van der Waals surface area contributed by atoms with Gasteiger partial charge in [-0.3, -0.25) is 9.59 Å². The molecule has 0 bridgehead atoms. The molecule has 0 spiro atoms. The van der Waals surface area contributed by atoms with Gasteiger partial charge in [0.15, 0.2) is 5.13 Å². The topological polar surface area (TPSA) is 104 Å². The third-order valence-corrected chi connectivity index (χ3v) is 6.76. The number of thiazole rings is 1. The Morgan fingerprint density at radius 3 is 2.59 bits per heavy atom. The van der Waals surface area contributed by atoms with Crippen LogP contribution in [0.1, 0.15) is 50.8 Å². The summed E-state index contributed by atoms with van der Waals surface area (Å²) in [5.74, 6) is 2.43. The van der Waals surface area contributed by atoms with Crippen molar-refractivity contribution in [3.05, 3.63) is 53.9 Å². The SMILES string of the molecule is COC(=O)CCCOc1ccc(CC(=O)Nc2ncc(SCc3ncc(C(C)(C)C)o3)s2)cc1. The van der Waals surface area contributed by atoms with Crippen LogP contribution in [0.3, 0.4) is 0 Å². The Kier molecular flexibility index (Phi) is 9.12. The number of esters is 1. The van der Waals surface area contributed by atoms with Gasteiger partial charge in [-0.15, -0.1) is 11.8 Å². The van der Waals surface area contributed by atoms with Crippen molar-refractivity contribution in [2.24, 2.45) is 0 Å². The largest absolute Gasteiger partial charge is 0.494 e. The Hall–Kier alpha value is -2.85. The molecule has 0 unspecified atom stereocenters. The van der Waals surface area contributed by atoms with Crippen LogP contribution in [-0.2, 0) is 31.9 Å². The first-order chi connectivity index (χ1) is 16.2. The second-order valence-electron chi connectivity index (χ2n) is 8.54. The summed E-state index contributed by atoms with van der Waals surface area (Å²) in [5.41, 5.74) is 0.792.